The van der Waals surface area contributed by atoms with Crippen molar-refractivity contribution in [3.63, 3.8) is 0 Å². The molecular formula is C14H16N4O3. The van der Waals surface area contributed by atoms with E-state index in [9.17, 15) is 14.4 Å². The molecule has 0 aromatic heterocycles. The Hall–Kier alpha value is -2.57. The molecular weight excluding hydrogens is 272 g/mol. The smallest absolute Gasteiger partial charge is 0.251 e. The quantitative estimate of drug-likeness (QED) is 0.686. The Balaban J connectivity index is 1.60. The molecule has 3 amide bonds. The zero-order valence-electron chi connectivity index (χ0n) is 11.4. The Bertz CT molecular complexity index is 614. The number of nitrogens with one attached hydrogen (secondary N) is 3. The molecule has 3 rings (SSSR count). The van der Waals surface area contributed by atoms with Crippen LogP contribution in [0.2, 0.25) is 0 Å². The minimum absolute atomic E-state index is 0.0901. The average molecular weight is 288 g/mol. The third-order valence-electron chi connectivity index (χ3n) is 3.63. The molecule has 1 saturated heterocycles. The first-order chi connectivity index (χ1) is 10.1. The summed E-state index contributed by atoms with van der Waals surface area (Å²) in [6.07, 6.45) is 0. The van der Waals surface area contributed by atoms with Crippen molar-refractivity contribution in [2.24, 2.45) is 0 Å². The lowest BCUT2D eigenvalue weighted by atomic mass is 10.1. The maximum Gasteiger partial charge on any atom is 0.251 e. The van der Waals surface area contributed by atoms with Crippen LogP contribution >= 0.6 is 0 Å². The van der Waals surface area contributed by atoms with Gasteiger partial charge >= 0.3 is 0 Å². The van der Waals surface area contributed by atoms with E-state index in [-0.39, 0.29) is 30.8 Å². The van der Waals surface area contributed by atoms with Gasteiger partial charge in [0, 0.05) is 30.9 Å². The van der Waals surface area contributed by atoms with E-state index in [4.69, 9.17) is 0 Å². The number of carbonyl (C=O) groups excluding carboxylic acids is 3. The van der Waals surface area contributed by atoms with Crippen LogP contribution in [-0.2, 0) is 16.1 Å². The van der Waals surface area contributed by atoms with E-state index in [2.05, 4.69) is 16.0 Å². The van der Waals surface area contributed by atoms with Crippen molar-refractivity contribution in [3.8, 4) is 0 Å². The second-order valence-corrected chi connectivity index (χ2v) is 5.07. The molecule has 0 unspecified atom stereocenters. The fraction of sp³-hybridized carbons (Fsp3) is 0.357. The molecule has 2 heterocycles. The molecule has 110 valence electrons. The predicted molar refractivity (Wildman–Crippen MR) is 75.7 cm³/mol. The fourth-order valence-corrected chi connectivity index (χ4v) is 2.46. The summed E-state index contributed by atoms with van der Waals surface area (Å²) < 4.78 is 0. The first-order valence-electron chi connectivity index (χ1n) is 6.83. The van der Waals surface area contributed by atoms with Crippen LogP contribution in [0.4, 0.5) is 5.69 Å². The summed E-state index contributed by atoms with van der Waals surface area (Å²) in [4.78, 5) is 36.4. The normalized spacial score (nSPS) is 17.0. The van der Waals surface area contributed by atoms with Crippen molar-refractivity contribution in [1.29, 1.82) is 0 Å². The maximum atomic E-state index is 12.0. The predicted octanol–water partition coefficient (Wildman–Crippen LogP) is -0.700. The zero-order valence-corrected chi connectivity index (χ0v) is 11.4. The van der Waals surface area contributed by atoms with Crippen molar-refractivity contribution in [1.82, 2.24) is 15.5 Å². The van der Waals surface area contributed by atoms with Gasteiger partial charge in [0.15, 0.2) is 0 Å². The van der Waals surface area contributed by atoms with Gasteiger partial charge in [-0.15, -0.1) is 0 Å². The first kappa shape index (κ1) is 13.4. The lowest BCUT2D eigenvalue weighted by Crippen LogP contribution is -2.51. The summed E-state index contributed by atoms with van der Waals surface area (Å²) in [7, 11) is 0. The molecule has 0 bridgehead atoms. The van der Waals surface area contributed by atoms with Gasteiger partial charge in [-0.2, -0.15) is 0 Å². The number of hydrogen-bond donors (Lipinski definition) is 3. The standard InChI is InChI=1S/C14H16N4O3/c19-12-8-18(4-3-15-12)13(20)7-16-10-2-1-9-6-17-14(21)11(9)5-10/h1-2,5,16H,3-4,6-8H2,(H,15,19)(H,17,21). The molecule has 7 heteroatoms. The van der Waals surface area contributed by atoms with Crippen LogP contribution in [0.3, 0.4) is 0 Å². The number of nitrogens with zero attached hydrogens (tertiary/aromatic N) is 1. The van der Waals surface area contributed by atoms with E-state index < -0.39 is 0 Å². The molecule has 1 aromatic carbocycles. The van der Waals surface area contributed by atoms with Gasteiger partial charge in [-0.05, 0) is 17.7 Å². The molecule has 21 heavy (non-hydrogen) atoms. The summed E-state index contributed by atoms with van der Waals surface area (Å²) in [5.41, 5.74) is 2.33. The van der Waals surface area contributed by atoms with Crippen LogP contribution in [-0.4, -0.2) is 48.8 Å². The van der Waals surface area contributed by atoms with E-state index in [1.54, 1.807) is 6.07 Å². The van der Waals surface area contributed by atoms with E-state index in [1.807, 2.05) is 12.1 Å². The van der Waals surface area contributed by atoms with Crippen molar-refractivity contribution in [3.05, 3.63) is 29.3 Å². The molecule has 0 aliphatic carbocycles. The van der Waals surface area contributed by atoms with Gasteiger partial charge in [0.1, 0.15) is 0 Å². The average Bonchev–Trinajstić information content (AvgIpc) is 2.86. The number of rotatable bonds is 3. The van der Waals surface area contributed by atoms with Gasteiger partial charge in [0.25, 0.3) is 5.91 Å². The zero-order chi connectivity index (χ0) is 14.8. The highest BCUT2D eigenvalue weighted by atomic mass is 16.2. The van der Waals surface area contributed by atoms with Gasteiger partial charge in [0.2, 0.25) is 11.8 Å². The highest BCUT2D eigenvalue weighted by Gasteiger charge is 2.21. The topological polar surface area (TPSA) is 90.5 Å². The van der Waals surface area contributed by atoms with Crippen LogP contribution in [0.15, 0.2) is 18.2 Å². The SMILES string of the molecule is O=C1CN(C(=O)CNc2ccc3c(c2)C(=O)NC3)CCN1. The summed E-state index contributed by atoms with van der Waals surface area (Å²) in [5.74, 6) is -0.355. The monoisotopic (exact) mass is 288 g/mol. The molecule has 0 atom stereocenters. The van der Waals surface area contributed by atoms with Crippen molar-refractivity contribution >= 4 is 23.4 Å². The summed E-state index contributed by atoms with van der Waals surface area (Å²) >= 11 is 0. The molecule has 1 aromatic rings. The molecule has 2 aliphatic rings. The number of benzene rings is 1. The molecule has 0 radical (unpaired) electrons. The number of fused-ring (bicyclic) bond motifs is 1. The minimum Gasteiger partial charge on any atom is -0.376 e. The molecule has 2 aliphatic heterocycles. The van der Waals surface area contributed by atoms with E-state index in [0.29, 0.717) is 25.2 Å². The third-order valence-corrected chi connectivity index (χ3v) is 3.63. The minimum atomic E-state index is -0.135. The second-order valence-electron chi connectivity index (χ2n) is 5.07. The molecule has 0 saturated carbocycles. The van der Waals surface area contributed by atoms with Crippen LogP contribution in [0.5, 0.6) is 0 Å². The molecule has 1 fully saturated rings. The lowest BCUT2D eigenvalue weighted by Gasteiger charge is -2.26. The maximum absolute atomic E-state index is 12.0. The van der Waals surface area contributed by atoms with Gasteiger partial charge in [-0.3, -0.25) is 14.4 Å². The van der Waals surface area contributed by atoms with Crippen LogP contribution in [0, 0.1) is 0 Å². The van der Waals surface area contributed by atoms with Gasteiger partial charge < -0.3 is 20.9 Å². The van der Waals surface area contributed by atoms with E-state index >= 15 is 0 Å². The Labute approximate surface area is 121 Å². The number of piperazine rings is 1. The van der Waals surface area contributed by atoms with Crippen molar-refractivity contribution in [2.45, 2.75) is 6.54 Å². The van der Waals surface area contributed by atoms with Crippen LogP contribution in [0.1, 0.15) is 15.9 Å². The number of amides is 3. The Kier molecular flexibility index (Phi) is 3.47. The number of anilines is 1. The summed E-state index contributed by atoms with van der Waals surface area (Å²) in [6.45, 7) is 1.78. The highest BCUT2D eigenvalue weighted by molar-refractivity contribution is 5.99. The third kappa shape index (κ3) is 2.81. The first-order valence-corrected chi connectivity index (χ1v) is 6.83. The number of hydrogen-bond acceptors (Lipinski definition) is 4. The molecule has 0 spiro atoms. The highest BCUT2D eigenvalue weighted by Crippen LogP contribution is 2.19. The van der Waals surface area contributed by atoms with Crippen molar-refractivity contribution < 1.29 is 14.4 Å². The Morgan fingerprint density at radius 1 is 1.29 bits per heavy atom. The van der Waals surface area contributed by atoms with Gasteiger partial charge in [0.05, 0.1) is 13.1 Å². The van der Waals surface area contributed by atoms with Gasteiger partial charge in [-0.1, -0.05) is 6.07 Å². The molecule has 7 nitrogen and oxygen atoms in total. The lowest BCUT2D eigenvalue weighted by molar-refractivity contribution is -0.136. The molecule has 3 N–H and O–H groups in total. The van der Waals surface area contributed by atoms with Crippen LogP contribution in [0.25, 0.3) is 0 Å². The summed E-state index contributed by atoms with van der Waals surface area (Å²) in [5, 5.41) is 8.43. The Morgan fingerprint density at radius 3 is 2.95 bits per heavy atom. The number of carbonyl (C=O) groups is 3. The van der Waals surface area contributed by atoms with Crippen LogP contribution < -0.4 is 16.0 Å². The second kappa shape index (κ2) is 5.43. The van der Waals surface area contributed by atoms with Gasteiger partial charge in [-0.25, -0.2) is 0 Å². The fourth-order valence-electron chi connectivity index (χ4n) is 2.46. The van der Waals surface area contributed by atoms with E-state index in [1.165, 1.54) is 4.90 Å². The largest absolute Gasteiger partial charge is 0.376 e. The Morgan fingerprint density at radius 2 is 2.14 bits per heavy atom. The summed E-state index contributed by atoms with van der Waals surface area (Å²) in [6, 6.07) is 5.46. The van der Waals surface area contributed by atoms with E-state index in [0.717, 1.165) is 11.3 Å². The van der Waals surface area contributed by atoms with Crippen molar-refractivity contribution in [2.75, 3.05) is 31.5 Å².